The fourth-order valence-corrected chi connectivity index (χ4v) is 2.26. The fourth-order valence-electron chi connectivity index (χ4n) is 1.99. The van der Waals surface area contributed by atoms with Crippen molar-refractivity contribution in [1.29, 1.82) is 0 Å². The van der Waals surface area contributed by atoms with Gasteiger partial charge in [-0.05, 0) is 56.5 Å². The average molecular weight is 392 g/mol. The first-order valence-corrected chi connectivity index (χ1v) is 8.66. The second-order valence-electron chi connectivity index (χ2n) is 5.47. The molecule has 0 radical (unpaired) electrons. The summed E-state index contributed by atoms with van der Waals surface area (Å²) in [6.07, 6.45) is 8.03. The molecule has 0 atom stereocenters. The average Bonchev–Trinajstić information content (AvgIpc) is 2.45. The molecule has 0 spiro atoms. The van der Waals surface area contributed by atoms with Crippen LogP contribution >= 0.6 is 34.8 Å². The minimum atomic E-state index is -1.23. The summed E-state index contributed by atoms with van der Waals surface area (Å²) in [6.45, 7) is 4.22. The number of carboxylic acids is 1. The zero-order valence-corrected chi connectivity index (χ0v) is 16.0. The molecule has 1 aromatic rings. The van der Waals surface area contributed by atoms with Crippen molar-refractivity contribution < 1.29 is 14.6 Å². The number of alkyl halides is 3. The maximum atomic E-state index is 11.0. The third kappa shape index (κ3) is 8.62. The van der Waals surface area contributed by atoms with E-state index in [2.05, 4.69) is 0 Å². The molecule has 1 aromatic carbocycles. The topological polar surface area (TPSA) is 46.5 Å². The molecule has 0 heterocycles. The second kappa shape index (κ2) is 9.97. The highest BCUT2D eigenvalue weighted by Gasteiger charge is 2.16. The Kier molecular flexibility index (Phi) is 8.68. The van der Waals surface area contributed by atoms with Crippen LogP contribution in [-0.2, 0) is 0 Å². The monoisotopic (exact) mass is 390 g/mol. The first-order valence-electron chi connectivity index (χ1n) is 7.53. The van der Waals surface area contributed by atoms with Gasteiger partial charge in [0, 0.05) is 6.42 Å². The molecule has 0 saturated carbocycles. The predicted octanol–water partition coefficient (Wildman–Crippen LogP) is 6.12. The fraction of sp³-hybridized carbons (Fsp3) is 0.389. The number of benzene rings is 1. The third-order valence-corrected chi connectivity index (χ3v) is 3.79. The number of carbonyl (C=O) groups is 1. The van der Waals surface area contributed by atoms with Crippen molar-refractivity contribution >= 4 is 40.8 Å². The summed E-state index contributed by atoms with van der Waals surface area (Å²) < 4.78 is 4.39. The predicted molar refractivity (Wildman–Crippen MR) is 101 cm³/mol. The minimum Gasteiger partial charge on any atom is -0.490 e. The number of hydrogen-bond donors (Lipinski definition) is 1. The lowest BCUT2D eigenvalue weighted by atomic mass is 10.1. The lowest BCUT2D eigenvalue weighted by Gasteiger charge is -2.07. The number of aryl methyl sites for hydroxylation is 1. The Morgan fingerprint density at radius 2 is 2.00 bits per heavy atom. The number of hydrogen-bond acceptors (Lipinski definition) is 2. The lowest BCUT2D eigenvalue weighted by Crippen LogP contribution is -2.01. The maximum Gasteiger partial charge on any atom is 0.335 e. The van der Waals surface area contributed by atoms with Crippen LogP contribution in [-0.4, -0.2) is 21.5 Å². The van der Waals surface area contributed by atoms with Gasteiger partial charge in [-0.3, -0.25) is 0 Å². The largest absolute Gasteiger partial charge is 0.490 e. The van der Waals surface area contributed by atoms with Crippen molar-refractivity contribution in [2.75, 3.05) is 6.61 Å². The van der Waals surface area contributed by atoms with Crippen LogP contribution in [0.3, 0.4) is 0 Å². The van der Waals surface area contributed by atoms with E-state index in [0.717, 1.165) is 12.8 Å². The maximum absolute atomic E-state index is 11.0. The van der Waals surface area contributed by atoms with E-state index >= 15 is 0 Å². The lowest BCUT2D eigenvalue weighted by molar-refractivity contribution is 0.0696. The molecule has 24 heavy (non-hydrogen) atoms. The van der Waals surface area contributed by atoms with Crippen LogP contribution in [0, 0.1) is 6.92 Å². The number of carboxylic acid groups (broad SMARTS) is 1. The van der Waals surface area contributed by atoms with Gasteiger partial charge in [0.25, 0.3) is 0 Å². The first kappa shape index (κ1) is 20.9. The molecular formula is C18H21Cl3O3. The molecule has 0 unspecified atom stereocenters. The summed E-state index contributed by atoms with van der Waals surface area (Å²) in [6, 6.07) is 4.95. The van der Waals surface area contributed by atoms with E-state index < -0.39 is 9.76 Å². The van der Waals surface area contributed by atoms with Gasteiger partial charge >= 0.3 is 5.97 Å². The van der Waals surface area contributed by atoms with Gasteiger partial charge in [0.15, 0.2) is 3.79 Å². The van der Waals surface area contributed by atoms with Crippen molar-refractivity contribution in [3.05, 3.63) is 53.1 Å². The number of aromatic carboxylic acids is 1. The van der Waals surface area contributed by atoms with E-state index in [1.807, 2.05) is 25.2 Å². The van der Waals surface area contributed by atoms with Gasteiger partial charge in [0.2, 0.25) is 0 Å². The molecule has 0 aliphatic rings. The molecule has 0 aliphatic heterocycles. The van der Waals surface area contributed by atoms with Crippen molar-refractivity contribution in [3.63, 3.8) is 0 Å². The summed E-state index contributed by atoms with van der Waals surface area (Å²) in [5, 5.41) is 8.99. The SMILES string of the molecule is CC(=CCOc1ccc(C(=O)O)c(C)c1)CCC=CCC(Cl)(Cl)Cl. The molecule has 1 rings (SSSR count). The molecule has 0 aliphatic carbocycles. The highest BCUT2D eigenvalue weighted by Crippen LogP contribution is 2.30. The Balaban J connectivity index is 2.38. The van der Waals surface area contributed by atoms with E-state index in [9.17, 15) is 4.79 Å². The van der Waals surface area contributed by atoms with Crippen LogP contribution in [0.25, 0.3) is 0 Å². The minimum absolute atomic E-state index is 0.288. The summed E-state index contributed by atoms with van der Waals surface area (Å²) in [7, 11) is 0. The van der Waals surface area contributed by atoms with E-state index in [4.69, 9.17) is 44.6 Å². The van der Waals surface area contributed by atoms with Crippen molar-refractivity contribution in [3.8, 4) is 5.75 Å². The Labute approximate surface area is 157 Å². The van der Waals surface area contributed by atoms with Crippen molar-refractivity contribution in [1.82, 2.24) is 0 Å². The Morgan fingerprint density at radius 3 is 2.58 bits per heavy atom. The van der Waals surface area contributed by atoms with Crippen LogP contribution < -0.4 is 4.74 Å². The number of allylic oxidation sites excluding steroid dienone is 3. The zero-order chi connectivity index (χ0) is 18.2. The van der Waals surface area contributed by atoms with Gasteiger partial charge in [0.1, 0.15) is 12.4 Å². The summed E-state index contributed by atoms with van der Waals surface area (Å²) in [5.41, 5.74) is 2.17. The highest BCUT2D eigenvalue weighted by atomic mass is 35.6. The normalized spacial score (nSPS) is 12.6. The molecule has 0 aromatic heterocycles. The molecule has 0 fully saturated rings. The van der Waals surface area contributed by atoms with Gasteiger partial charge in [-0.1, -0.05) is 52.5 Å². The summed E-state index contributed by atoms with van der Waals surface area (Å²) >= 11 is 17.0. The molecule has 6 heteroatoms. The van der Waals surface area contributed by atoms with Gasteiger partial charge < -0.3 is 9.84 Å². The number of ether oxygens (including phenoxy) is 1. The van der Waals surface area contributed by atoms with Gasteiger partial charge in [-0.2, -0.15) is 0 Å². The molecule has 1 N–H and O–H groups in total. The van der Waals surface area contributed by atoms with Crippen LogP contribution in [0.15, 0.2) is 42.0 Å². The Bertz CT molecular complexity index is 616. The quantitative estimate of drug-likeness (QED) is 0.429. The molecule has 0 amide bonds. The zero-order valence-electron chi connectivity index (χ0n) is 13.7. The molecule has 3 nitrogen and oxygen atoms in total. The van der Waals surface area contributed by atoms with Crippen LogP contribution in [0.4, 0.5) is 0 Å². The molecule has 0 bridgehead atoms. The van der Waals surface area contributed by atoms with Crippen molar-refractivity contribution in [2.45, 2.75) is 36.9 Å². The molecule has 132 valence electrons. The van der Waals surface area contributed by atoms with E-state index in [-0.39, 0.29) is 5.56 Å². The van der Waals surface area contributed by atoms with Gasteiger partial charge in [-0.25, -0.2) is 4.79 Å². The second-order valence-corrected chi connectivity index (χ2v) is 7.99. The number of halogens is 3. The van der Waals surface area contributed by atoms with Crippen molar-refractivity contribution in [2.24, 2.45) is 0 Å². The molecular weight excluding hydrogens is 371 g/mol. The number of rotatable bonds is 8. The first-order chi connectivity index (χ1) is 11.2. The van der Waals surface area contributed by atoms with Crippen LogP contribution in [0.5, 0.6) is 5.75 Å². The van der Waals surface area contributed by atoms with E-state index in [1.54, 1.807) is 25.1 Å². The van der Waals surface area contributed by atoms with Gasteiger partial charge in [-0.15, -0.1) is 0 Å². The smallest absolute Gasteiger partial charge is 0.335 e. The van der Waals surface area contributed by atoms with Gasteiger partial charge in [0.05, 0.1) is 5.56 Å². The third-order valence-electron chi connectivity index (χ3n) is 3.33. The summed E-state index contributed by atoms with van der Waals surface area (Å²) in [4.78, 5) is 11.0. The van der Waals surface area contributed by atoms with E-state index in [1.165, 1.54) is 5.57 Å². The Hall–Kier alpha value is -1.16. The molecule has 0 saturated heterocycles. The summed E-state index contributed by atoms with van der Waals surface area (Å²) in [5.74, 6) is -0.276. The van der Waals surface area contributed by atoms with E-state index in [0.29, 0.717) is 24.3 Å². The van der Waals surface area contributed by atoms with Crippen LogP contribution in [0.2, 0.25) is 0 Å². The highest BCUT2D eigenvalue weighted by molar-refractivity contribution is 6.67. The van der Waals surface area contributed by atoms with Crippen LogP contribution in [0.1, 0.15) is 42.1 Å². The standard InChI is InChI=1S/C18H21Cl3O3/c1-13(6-4-3-5-10-18(19,20)21)9-11-24-15-7-8-16(17(22)23)14(2)12-15/h3,5,7-9,12H,4,6,10-11H2,1-2H3,(H,22,23). The Morgan fingerprint density at radius 1 is 1.29 bits per heavy atom.